The number of halogens is 1. The van der Waals surface area contributed by atoms with Crippen molar-refractivity contribution in [3.63, 3.8) is 0 Å². The van der Waals surface area contributed by atoms with Gasteiger partial charge >= 0.3 is 0 Å². The summed E-state index contributed by atoms with van der Waals surface area (Å²) in [6.07, 6.45) is 8.62. The number of nitrogens with zero attached hydrogens (tertiary/aromatic N) is 4. The third kappa shape index (κ3) is 6.65. The Hall–Kier alpha value is -1.84. The van der Waals surface area contributed by atoms with Crippen LogP contribution in [0, 0.1) is 5.92 Å². The summed E-state index contributed by atoms with van der Waals surface area (Å²) in [5.74, 6) is 2.28. The summed E-state index contributed by atoms with van der Waals surface area (Å²) >= 11 is 0. The minimum absolute atomic E-state index is 0. The van der Waals surface area contributed by atoms with Crippen LogP contribution in [0.2, 0.25) is 0 Å². The van der Waals surface area contributed by atoms with Crippen molar-refractivity contribution < 1.29 is 4.74 Å². The van der Waals surface area contributed by atoms with E-state index in [1.807, 2.05) is 36.1 Å². The fraction of sp³-hybridized carbons (Fsp3) is 0.550. The molecule has 8 heteroatoms. The number of hydrogen-bond donors (Lipinski definition) is 2. The lowest BCUT2D eigenvalue weighted by Crippen LogP contribution is -2.36. The average Bonchev–Trinajstić information content (AvgIpc) is 3.09. The zero-order valence-electron chi connectivity index (χ0n) is 16.9. The summed E-state index contributed by atoms with van der Waals surface area (Å²) in [5.41, 5.74) is 2.21. The van der Waals surface area contributed by atoms with Crippen molar-refractivity contribution in [2.75, 3.05) is 7.05 Å². The Balaban J connectivity index is 0.00000280. The van der Waals surface area contributed by atoms with Crippen molar-refractivity contribution in [1.29, 1.82) is 0 Å². The van der Waals surface area contributed by atoms with Gasteiger partial charge in [-0.05, 0) is 49.3 Å². The Bertz CT molecular complexity index is 755. The standard InChI is InChI=1S/C20H30N6O.HI/c1-15-4-6-18(7-5-15)27-19-12-16(8-10-22-19)13-23-20(21-2)24-14-17-9-11-25-26(17)3;/h8-12,15,18H,4-7,13-14H2,1-3H3,(H2,21,23,24);1H. The Kier molecular flexibility index (Phi) is 9.01. The number of aryl methyl sites for hydroxylation is 1. The van der Waals surface area contributed by atoms with Gasteiger partial charge in [0.15, 0.2) is 5.96 Å². The maximum atomic E-state index is 6.09. The van der Waals surface area contributed by atoms with Crippen LogP contribution in [-0.4, -0.2) is 33.9 Å². The topological polar surface area (TPSA) is 76.4 Å². The van der Waals surface area contributed by atoms with E-state index in [-0.39, 0.29) is 24.0 Å². The number of hydrogen-bond acceptors (Lipinski definition) is 4. The van der Waals surface area contributed by atoms with Crippen LogP contribution in [0.25, 0.3) is 0 Å². The second kappa shape index (κ2) is 11.2. The number of pyridine rings is 1. The first-order chi connectivity index (χ1) is 13.1. The van der Waals surface area contributed by atoms with E-state index in [1.165, 1.54) is 12.8 Å². The van der Waals surface area contributed by atoms with Crippen LogP contribution in [0.5, 0.6) is 5.88 Å². The van der Waals surface area contributed by atoms with Crippen LogP contribution in [0.15, 0.2) is 35.6 Å². The highest BCUT2D eigenvalue weighted by molar-refractivity contribution is 14.0. The predicted octanol–water partition coefficient (Wildman–Crippen LogP) is 3.26. The molecule has 154 valence electrons. The van der Waals surface area contributed by atoms with Crippen molar-refractivity contribution in [1.82, 2.24) is 25.4 Å². The molecule has 0 atom stereocenters. The Morgan fingerprint density at radius 1 is 1.18 bits per heavy atom. The monoisotopic (exact) mass is 498 g/mol. The molecule has 1 saturated carbocycles. The first-order valence-electron chi connectivity index (χ1n) is 9.67. The molecule has 2 N–H and O–H groups in total. The largest absolute Gasteiger partial charge is 0.474 e. The Morgan fingerprint density at radius 3 is 2.61 bits per heavy atom. The van der Waals surface area contributed by atoms with Gasteiger partial charge in [-0.1, -0.05) is 6.92 Å². The molecule has 0 bridgehead atoms. The second-order valence-electron chi connectivity index (χ2n) is 7.23. The Labute approximate surface area is 184 Å². The highest BCUT2D eigenvalue weighted by Gasteiger charge is 2.19. The number of aromatic nitrogens is 3. The number of aliphatic imine (C=N–C) groups is 1. The Morgan fingerprint density at radius 2 is 1.93 bits per heavy atom. The quantitative estimate of drug-likeness (QED) is 0.364. The molecule has 0 saturated heterocycles. The van der Waals surface area contributed by atoms with Gasteiger partial charge in [0.2, 0.25) is 5.88 Å². The van der Waals surface area contributed by atoms with Crippen molar-refractivity contribution >= 4 is 29.9 Å². The van der Waals surface area contributed by atoms with Crippen molar-refractivity contribution in [3.05, 3.63) is 41.9 Å². The molecular weight excluding hydrogens is 467 g/mol. The fourth-order valence-electron chi connectivity index (χ4n) is 3.30. The molecule has 0 spiro atoms. The van der Waals surface area contributed by atoms with Gasteiger partial charge in [-0.25, -0.2) is 4.98 Å². The van der Waals surface area contributed by atoms with Crippen LogP contribution < -0.4 is 15.4 Å². The van der Waals surface area contributed by atoms with Gasteiger partial charge in [0.05, 0.1) is 12.2 Å². The lowest BCUT2D eigenvalue weighted by Gasteiger charge is -2.26. The first-order valence-corrected chi connectivity index (χ1v) is 9.67. The summed E-state index contributed by atoms with van der Waals surface area (Å²) in [5, 5.41) is 10.8. The molecule has 2 heterocycles. The molecule has 0 radical (unpaired) electrons. The average molecular weight is 498 g/mol. The van der Waals surface area contributed by atoms with Gasteiger partial charge in [-0.3, -0.25) is 9.67 Å². The molecule has 1 fully saturated rings. The van der Waals surface area contributed by atoms with Crippen LogP contribution >= 0.6 is 24.0 Å². The van der Waals surface area contributed by atoms with E-state index in [9.17, 15) is 0 Å². The molecule has 1 aliphatic carbocycles. The third-order valence-corrected chi connectivity index (χ3v) is 5.09. The van der Waals surface area contributed by atoms with Crippen molar-refractivity contribution in [3.8, 4) is 5.88 Å². The van der Waals surface area contributed by atoms with E-state index in [2.05, 4.69) is 32.6 Å². The number of rotatable bonds is 6. The summed E-state index contributed by atoms with van der Waals surface area (Å²) < 4.78 is 7.94. The van der Waals surface area contributed by atoms with Gasteiger partial charge in [0, 0.05) is 39.1 Å². The van der Waals surface area contributed by atoms with Crippen molar-refractivity contribution in [2.45, 2.75) is 51.8 Å². The molecule has 0 unspecified atom stereocenters. The van der Waals surface area contributed by atoms with Gasteiger partial charge in [-0.15, -0.1) is 24.0 Å². The maximum absolute atomic E-state index is 6.09. The molecule has 0 aliphatic heterocycles. The lowest BCUT2D eigenvalue weighted by molar-refractivity contribution is 0.130. The molecule has 2 aromatic rings. The van der Waals surface area contributed by atoms with E-state index in [0.717, 1.165) is 36.0 Å². The van der Waals surface area contributed by atoms with Gasteiger partial charge in [0.25, 0.3) is 0 Å². The summed E-state index contributed by atoms with van der Waals surface area (Å²) in [7, 11) is 3.70. The molecule has 0 aromatic carbocycles. The van der Waals surface area contributed by atoms with Crippen LogP contribution in [0.1, 0.15) is 43.9 Å². The highest BCUT2D eigenvalue weighted by atomic mass is 127. The molecule has 1 aliphatic rings. The highest BCUT2D eigenvalue weighted by Crippen LogP contribution is 2.26. The second-order valence-corrected chi connectivity index (χ2v) is 7.23. The zero-order valence-corrected chi connectivity index (χ0v) is 19.2. The number of ether oxygens (including phenoxy) is 1. The van der Waals surface area contributed by atoms with Crippen LogP contribution in [0.4, 0.5) is 0 Å². The third-order valence-electron chi connectivity index (χ3n) is 5.09. The molecular formula is C20H31IN6O. The molecule has 2 aromatic heterocycles. The zero-order chi connectivity index (χ0) is 19.1. The molecule has 7 nitrogen and oxygen atoms in total. The van der Waals surface area contributed by atoms with Gasteiger partial charge in [-0.2, -0.15) is 5.10 Å². The summed E-state index contributed by atoms with van der Waals surface area (Å²) in [6.45, 7) is 3.64. The first kappa shape index (κ1) is 22.4. The molecule has 0 amide bonds. The predicted molar refractivity (Wildman–Crippen MR) is 122 cm³/mol. The number of nitrogens with one attached hydrogen (secondary N) is 2. The SMILES string of the molecule is CN=C(NCc1ccnc(OC2CCC(C)CC2)c1)NCc1ccnn1C.I. The maximum Gasteiger partial charge on any atom is 0.213 e. The van der Waals surface area contributed by atoms with E-state index in [4.69, 9.17) is 4.74 Å². The van der Waals surface area contributed by atoms with E-state index in [0.29, 0.717) is 25.1 Å². The van der Waals surface area contributed by atoms with E-state index in [1.54, 1.807) is 13.2 Å². The smallest absolute Gasteiger partial charge is 0.213 e. The van der Waals surface area contributed by atoms with Gasteiger partial charge in [0.1, 0.15) is 6.10 Å². The van der Waals surface area contributed by atoms with Crippen LogP contribution in [0.3, 0.4) is 0 Å². The number of guanidine groups is 1. The summed E-state index contributed by atoms with van der Waals surface area (Å²) in [4.78, 5) is 8.65. The minimum atomic E-state index is 0. The summed E-state index contributed by atoms with van der Waals surface area (Å²) in [6, 6.07) is 6.00. The normalized spacial score (nSPS) is 19.6. The van der Waals surface area contributed by atoms with E-state index >= 15 is 0 Å². The van der Waals surface area contributed by atoms with Gasteiger partial charge < -0.3 is 15.4 Å². The lowest BCUT2D eigenvalue weighted by atomic mass is 9.89. The molecule has 28 heavy (non-hydrogen) atoms. The van der Waals surface area contributed by atoms with Crippen molar-refractivity contribution in [2.24, 2.45) is 18.0 Å². The van der Waals surface area contributed by atoms with Crippen LogP contribution in [-0.2, 0) is 20.1 Å². The molecule has 3 rings (SSSR count). The van der Waals surface area contributed by atoms with E-state index < -0.39 is 0 Å². The minimum Gasteiger partial charge on any atom is -0.474 e. The fourth-order valence-corrected chi connectivity index (χ4v) is 3.30.